The van der Waals surface area contributed by atoms with E-state index in [1.807, 2.05) is 18.2 Å². The van der Waals surface area contributed by atoms with Crippen molar-refractivity contribution in [3.8, 4) is 0 Å². The molecule has 0 unspecified atom stereocenters. The van der Waals surface area contributed by atoms with Crippen molar-refractivity contribution in [2.45, 2.75) is 38.3 Å². The number of hydrogen-bond donors (Lipinski definition) is 0. The van der Waals surface area contributed by atoms with Crippen LogP contribution < -0.4 is 0 Å². The molecule has 1 saturated carbocycles. The van der Waals surface area contributed by atoms with Crippen LogP contribution in [0.5, 0.6) is 0 Å². The molecule has 0 atom stereocenters. The van der Waals surface area contributed by atoms with Crippen molar-refractivity contribution in [1.82, 2.24) is 9.88 Å². The zero-order chi connectivity index (χ0) is 13.2. The highest BCUT2D eigenvalue weighted by Crippen LogP contribution is 2.26. The molecular formula is C16H19ClN2. The van der Waals surface area contributed by atoms with Crippen LogP contribution in [-0.4, -0.2) is 23.0 Å². The predicted octanol–water partition coefficient (Wildman–Crippen LogP) is 4.26. The van der Waals surface area contributed by atoms with Crippen molar-refractivity contribution in [2.24, 2.45) is 0 Å². The summed E-state index contributed by atoms with van der Waals surface area (Å²) in [6, 6.07) is 11.0. The van der Waals surface area contributed by atoms with Gasteiger partial charge in [0, 0.05) is 23.5 Å². The Kier molecular flexibility index (Phi) is 3.72. The summed E-state index contributed by atoms with van der Waals surface area (Å²) in [4.78, 5) is 6.92. The van der Waals surface area contributed by atoms with Crippen LogP contribution in [0.4, 0.5) is 0 Å². The monoisotopic (exact) mass is 274 g/mol. The molecule has 0 N–H and O–H groups in total. The van der Waals surface area contributed by atoms with Crippen molar-refractivity contribution in [3.05, 3.63) is 41.0 Å². The van der Waals surface area contributed by atoms with Gasteiger partial charge in [-0.3, -0.25) is 4.90 Å². The summed E-state index contributed by atoms with van der Waals surface area (Å²) in [5.74, 6) is 0. The number of rotatable bonds is 3. The largest absolute Gasteiger partial charge is 0.299 e. The van der Waals surface area contributed by atoms with E-state index in [9.17, 15) is 0 Å². The topological polar surface area (TPSA) is 16.1 Å². The van der Waals surface area contributed by atoms with Gasteiger partial charge in [-0.05, 0) is 32.0 Å². The Morgan fingerprint density at radius 2 is 2.00 bits per heavy atom. The lowest BCUT2D eigenvalue weighted by molar-refractivity contribution is 0.237. The Hall–Kier alpha value is -1.12. The van der Waals surface area contributed by atoms with Gasteiger partial charge in [-0.2, -0.15) is 0 Å². The van der Waals surface area contributed by atoms with Gasteiger partial charge >= 0.3 is 0 Å². The number of benzene rings is 1. The van der Waals surface area contributed by atoms with E-state index in [0.29, 0.717) is 11.2 Å². The molecule has 0 saturated heterocycles. The van der Waals surface area contributed by atoms with E-state index in [-0.39, 0.29) is 0 Å². The smallest absolute Gasteiger partial charge is 0.134 e. The number of aromatic nitrogens is 1. The molecule has 1 heterocycles. The summed E-state index contributed by atoms with van der Waals surface area (Å²) < 4.78 is 0. The molecule has 0 bridgehead atoms. The minimum atomic E-state index is 0.642. The predicted molar refractivity (Wildman–Crippen MR) is 80.5 cm³/mol. The molecule has 2 aromatic rings. The minimum Gasteiger partial charge on any atom is -0.299 e. The first-order chi connectivity index (χ1) is 9.24. The van der Waals surface area contributed by atoms with Crippen LogP contribution in [0.25, 0.3) is 10.9 Å². The number of para-hydroxylation sites is 1. The average Bonchev–Trinajstić information content (AvgIpc) is 2.93. The number of halogens is 1. The highest BCUT2D eigenvalue weighted by molar-refractivity contribution is 6.30. The molecule has 0 amide bonds. The third kappa shape index (κ3) is 2.75. The summed E-state index contributed by atoms with van der Waals surface area (Å²) in [5.41, 5.74) is 2.11. The van der Waals surface area contributed by atoms with Gasteiger partial charge in [0.15, 0.2) is 0 Å². The van der Waals surface area contributed by atoms with E-state index in [1.54, 1.807) is 0 Å². The van der Waals surface area contributed by atoms with Gasteiger partial charge in [0.05, 0.1) is 5.52 Å². The van der Waals surface area contributed by atoms with Gasteiger partial charge in [0.1, 0.15) is 5.15 Å². The zero-order valence-electron chi connectivity index (χ0n) is 11.3. The SMILES string of the molecule is CN(Cc1cc2ccccc2nc1Cl)C1CCCC1. The molecule has 2 nitrogen and oxygen atoms in total. The fourth-order valence-electron chi connectivity index (χ4n) is 2.99. The Balaban J connectivity index is 1.85. The zero-order valence-corrected chi connectivity index (χ0v) is 12.0. The molecular weight excluding hydrogens is 256 g/mol. The standard InChI is InChI=1S/C16H19ClN2/c1-19(14-7-3-4-8-14)11-13-10-12-6-2-5-9-15(12)18-16(13)17/h2,5-6,9-10,14H,3-4,7-8,11H2,1H3. The fraction of sp³-hybridized carbons (Fsp3) is 0.438. The van der Waals surface area contributed by atoms with Crippen molar-refractivity contribution in [1.29, 1.82) is 0 Å². The Labute approximate surface area is 119 Å². The van der Waals surface area contributed by atoms with Gasteiger partial charge in [0.2, 0.25) is 0 Å². The first-order valence-corrected chi connectivity index (χ1v) is 7.36. The second kappa shape index (κ2) is 5.48. The van der Waals surface area contributed by atoms with Crippen LogP contribution in [-0.2, 0) is 6.54 Å². The maximum Gasteiger partial charge on any atom is 0.134 e. The van der Waals surface area contributed by atoms with Crippen LogP contribution in [0.3, 0.4) is 0 Å². The molecule has 1 aromatic heterocycles. The van der Waals surface area contributed by atoms with E-state index >= 15 is 0 Å². The number of nitrogens with zero attached hydrogens (tertiary/aromatic N) is 2. The van der Waals surface area contributed by atoms with Crippen LogP contribution in [0.1, 0.15) is 31.2 Å². The molecule has 0 aliphatic heterocycles. The van der Waals surface area contributed by atoms with Crippen molar-refractivity contribution >= 4 is 22.5 Å². The van der Waals surface area contributed by atoms with Gasteiger partial charge in [0.25, 0.3) is 0 Å². The van der Waals surface area contributed by atoms with Gasteiger partial charge in [-0.25, -0.2) is 4.98 Å². The van der Waals surface area contributed by atoms with Crippen LogP contribution in [0.15, 0.2) is 30.3 Å². The van der Waals surface area contributed by atoms with E-state index in [4.69, 9.17) is 11.6 Å². The second-order valence-corrected chi connectivity index (χ2v) is 5.84. The molecule has 1 fully saturated rings. The van der Waals surface area contributed by atoms with Crippen molar-refractivity contribution < 1.29 is 0 Å². The summed E-state index contributed by atoms with van der Waals surface area (Å²) in [7, 11) is 2.20. The maximum atomic E-state index is 6.32. The van der Waals surface area contributed by atoms with Gasteiger partial charge < -0.3 is 0 Å². The fourth-order valence-corrected chi connectivity index (χ4v) is 3.20. The number of fused-ring (bicyclic) bond motifs is 1. The molecule has 3 rings (SSSR count). The van der Waals surface area contributed by atoms with E-state index in [0.717, 1.165) is 17.6 Å². The summed E-state index contributed by atoms with van der Waals surface area (Å²) >= 11 is 6.32. The normalized spacial score (nSPS) is 16.6. The first kappa shape index (κ1) is 12.9. The van der Waals surface area contributed by atoms with Gasteiger partial charge in [-0.15, -0.1) is 0 Å². The highest BCUT2D eigenvalue weighted by atomic mass is 35.5. The molecule has 3 heteroatoms. The maximum absolute atomic E-state index is 6.32. The van der Waals surface area contributed by atoms with E-state index in [2.05, 4.69) is 29.1 Å². The molecule has 1 aliphatic carbocycles. The Morgan fingerprint density at radius 3 is 2.79 bits per heavy atom. The summed E-state index contributed by atoms with van der Waals surface area (Å²) in [6.07, 6.45) is 5.35. The Bertz CT molecular complexity index is 576. The molecule has 1 aliphatic rings. The molecule has 1 aromatic carbocycles. The van der Waals surface area contributed by atoms with Crippen molar-refractivity contribution in [3.63, 3.8) is 0 Å². The third-order valence-corrected chi connectivity index (χ3v) is 4.45. The molecule has 0 radical (unpaired) electrons. The molecule has 19 heavy (non-hydrogen) atoms. The van der Waals surface area contributed by atoms with Gasteiger partial charge in [-0.1, -0.05) is 42.6 Å². The van der Waals surface area contributed by atoms with E-state index in [1.165, 1.54) is 31.1 Å². The van der Waals surface area contributed by atoms with Crippen molar-refractivity contribution in [2.75, 3.05) is 7.05 Å². The minimum absolute atomic E-state index is 0.642. The Morgan fingerprint density at radius 1 is 1.26 bits per heavy atom. The van der Waals surface area contributed by atoms with Crippen LogP contribution in [0, 0.1) is 0 Å². The van der Waals surface area contributed by atoms with Crippen LogP contribution >= 0.6 is 11.6 Å². The lowest BCUT2D eigenvalue weighted by Gasteiger charge is -2.24. The number of hydrogen-bond acceptors (Lipinski definition) is 2. The van der Waals surface area contributed by atoms with Crippen LogP contribution in [0.2, 0.25) is 5.15 Å². The lowest BCUT2D eigenvalue weighted by Crippen LogP contribution is -2.28. The molecule has 100 valence electrons. The van der Waals surface area contributed by atoms with E-state index < -0.39 is 0 Å². The summed E-state index contributed by atoms with van der Waals surface area (Å²) in [6.45, 7) is 0.890. The third-order valence-electron chi connectivity index (χ3n) is 4.12. The lowest BCUT2D eigenvalue weighted by atomic mass is 10.1. The number of pyridine rings is 1. The average molecular weight is 275 g/mol. The summed E-state index contributed by atoms with van der Waals surface area (Å²) in [5, 5.41) is 1.81. The quantitative estimate of drug-likeness (QED) is 0.778. The molecule has 0 spiro atoms. The first-order valence-electron chi connectivity index (χ1n) is 6.98. The highest BCUT2D eigenvalue weighted by Gasteiger charge is 2.20. The second-order valence-electron chi connectivity index (χ2n) is 5.48.